The third-order valence-corrected chi connectivity index (χ3v) is 4.14. The van der Waals surface area contributed by atoms with Crippen molar-refractivity contribution in [1.82, 2.24) is 15.1 Å². The number of nitrogens with zero attached hydrogens (tertiary/aromatic N) is 2. The van der Waals surface area contributed by atoms with Crippen LogP contribution >= 0.6 is 0 Å². The Morgan fingerprint density at radius 1 is 1.35 bits per heavy atom. The lowest BCUT2D eigenvalue weighted by Crippen LogP contribution is -2.50. The molecule has 0 radical (unpaired) electrons. The van der Waals surface area contributed by atoms with Crippen LogP contribution in [0.15, 0.2) is 0 Å². The Morgan fingerprint density at radius 3 is 2.82 bits per heavy atom. The van der Waals surface area contributed by atoms with E-state index in [1.54, 1.807) is 0 Å². The number of hydrogen-bond donors (Lipinski definition) is 1. The van der Waals surface area contributed by atoms with Gasteiger partial charge >= 0.3 is 0 Å². The first-order chi connectivity index (χ1) is 8.18. The molecule has 0 saturated carbocycles. The Hall–Kier alpha value is -0.610. The Labute approximate surface area is 104 Å². The molecule has 0 aliphatic carbocycles. The monoisotopic (exact) mass is 239 g/mol. The zero-order valence-corrected chi connectivity index (χ0v) is 11.1. The molecule has 0 aromatic rings. The molecule has 2 aliphatic heterocycles. The van der Waals surface area contributed by atoms with Gasteiger partial charge in [0.05, 0.1) is 5.92 Å². The second kappa shape index (κ2) is 5.83. The van der Waals surface area contributed by atoms with Crippen molar-refractivity contribution < 1.29 is 4.79 Å². The number of nitrogens with one attached hydrogen (secondary N) is 1. The van der Waals surface area contributed by atoms with Crippen LogP contribution in [0.4, 0.5) is 0 Å². The van der Waals surface area contributed by atoms with Gasteiger partial charge in [0.25, 0.3) is 0 Å². The normalized spacial score (nSPS) is 31.2. The maximum Gasteiger partial charge on any atom is 0.227 e. The lowest BCUT2D eigenvalue weighted by molar-refractivity contribution is -0.137. The summed E-state index contributed by atoms with van der Waals surface area (Å²) >= 11 is 0. The first-order valence-corrected chi connectivity index (χ1v) is 6.84. The quantitative estimate of drug-likeness (QED) is 0.764. The van der Waals surface area contributed by atoms with Gasteiger partial charge in [-0.05, 0) is 45.8 Å². The lowest BCUT2D eigenvalue weighted by atomic mass is 9.96. The summed E-state index contributed by atoms with van der Waals surface area (Å²) in [5.74, 6) is 0.554. The summed E-state index contributed by atoms with van der Waals surface area (Å²) in [5, 5.41) is 3.32. The minimum atomic E-state index is 0.209. The van der Waals surface area contributed by atoms with E-state index in [9.17, 15) is 4.79 Å². The Kier molecular flexibility index (Phi) is 4.40. The molecule has 1 N–H and O–H groups in total. The van der Waals surface area contributed by atoms with Crippen LogP contribution in [0.3, 0.4) is 0 Å². The summed E-state index contributed by atoms with van der Waals surface area (Å²) in [5.41, 5.74) is 0. The van der Waals surface area contributed by atoms with Crippen molar-refractivity contribution in [3.8, 4) is 0 Å². The predicted octanol–water partition coefficient (Wildman–Crippen LogP) is 0.539. The van der Waals surface area contributed by atoms with Crippen molar-refractivity contribution in [3.05, 3.63) is 0 Å². The Morgan fingerprint density at radius 2 is 2.18 bits per heavy atom. The van der Waals surface area contributed by atoms with E-state index >= 15 is 0 Å². The molecule has 0 spiro atoms. The summed E-state index contributed by atoms with van der Waals surface area (Å²) in [4.78, 5) is 16.7. The van der Waals surface area contributed by atoms with Crippen LogP contribution in [0.25, 0.3) is 0 Å². The number of hydrogen-bond acceptors (Lipinski definition) is 3. The SMILES string of the molecule is CN1CCCC(N(C)C(=O)[C@@H]2CCCNC2)C1. The molecule has 0 aromatic carbocycles. The molecule has 17 heavy (non-hydrogen) atoms. The van der Waals surface area contributed by atoms with Crippen molar-refractivity contribution in [2.75, 3.05) is 40.3 Å². The van der Waals surface area contributed by atoms with Crippen LogP contribution in [-0.2, 0) is 4.79 Å². The van der Waals surface area contributed by atoms with Gasteiger partial charge in [-0.1, -0.05) is 0 Å². The number of rotatable bonds is 2. The van der Waals surface area contributed by atoms with Crippen molar-refractivity contribution in [2.45, 2.75) is 31.7 Å². The molecule has 2 saturated heterocycles. The molecule has 2 aliphatic rings. The van der Waals surface area contributed by atoms with Gasteiger partial charge in [-0.15, -0.1) is 0 Å². The zero-order valence-electron chi connectivity index (χ0n) is 11.1. The lowest BCUT2D eigenvalue weighted by Gasteiger charge is -2.38. The van der Waals surface area contributed by atoms with E-state index in [0.717, 1.165) is 38.9 Å². The maximum atomic E-state index is 12.4. The van der Waals surface area contributed by atoms with E-state index < -0.39 is 0 Å². The van der Waals surface area contributed by atoms with Gasteiger partial charge in [-0.2, -0.15) is 0 Å². The maximum absolute atomic E-state index is 12.4. The number of likely N-dealkylation sites (N-methyl/N-ethyl adjacent to an activating group) is 2. The van der Waals surface area contributed by atoms with Crippen LogP contribution in [0.1, 0.15) is 25.7 Å². The van der Waals surface area contributed by atoms with Gasteiger partial charge in [0, 0.05) is 26.2 Å². The van der Waals surface area contributed by atoms with E-state index in [1.807, 2.05) is 11.9 Å². The molecule has 2 fully saturated rings. The van der Waals surface area contributed by atoms with Gasteiger partial charge in [-0.25, -0.2) is 0 Å². The zero-order chi connectivity index (χ0) is 12.3. The molecule has 1 unspecified atom stereocenters. The summed E-state index contributed by atoms with van der Waals surface area (Å²) in [6, 6.07) is 0.420. The van der Waals surface area contributed by atoms with Crippen LogP contribution in [0.5, 0.6) is 0 Å². The first kappa shape index (κ1) is 12.8. The highest BCUT2D eigenvalue weighted by molar-refractivity contribution is 5.79. The van der Waals surface area contributed by atoms with Crippen molar-refractivity contribution in [1.29, 1.82) is 0 Å². The van der Waals surface area contributed by atoms with Crippen molar-refractivity contribution >= 4 is 5.91 Å². The highest BCUT2D eigenvalue weighted by Gasteiger charge is 2.29. The molecule has 4 nitrogen and oxygen atoms in total. The topological polar surface area (TPSA) is 35.6 Å². The van der Waals surface area contributed by atoms with Crippen LogP contribution in [-0.4, -0.2) is 62.0 Å². The second-order valence-corrected chi connectivity index (χ2v) is 5.55. The van der Waals surface area contributed by atoms with Gasteiger partial charge in [0.15, 0.2) is 0 Å². The van der Waals surface area contributed by atoms with Crippen LogP contribution in [0.2, 0.25) is 0 Å². The van der Waals surface area contributed by atoms with Gasteiger partial charge in [0.1, 0.15) is 0 Å². The molecule has 0 bridgehead atoms. The molecule has 2 rings (SSSR count). The standard InChI is InChI=1S/C13H25N3O/c1-15-8-4-6-12(10-15)16(2)13(17)11-5-3-7-14-9-11/h11-12,14H,3-10H2,1-2H3/t11-,12?/m1/s1. The highest BCUT2D eigenvalue weighted by atomic mass is 16.2. The minimum Gasteiger partial charge on any atom is -0.341 e. The van der Waals surface area contributed by atoms with Gasteiger partial charge in [-0.3, -0.25) is 4.79 Å². The fourth-order valence-corrected chi connectivity index (χ4v) is 2.99. The van der Waals surface area contributed by atoms with E-state index in [-0.39, 0.29) is 5.92 Å². The summed E-state index contributed by atoms with van der Waals surface area (Å²) in [6.45, 7) is 4.14. The molecular weight excluding hydrogens is 214 g/mol. The summed E-state index contributed by atoms with van der Waals surface area (Å²) in [6.07, 6.45) is 4.56. The van der Waals surface area contributed by atoms with E-state index in [1.165, 1.54) is 13.0 Å². The first-order valence-electron chi connectivity index (χ1n) is 6.84. The smallest absolute Gasteiger partial charge is 0.227 e. The number of carbonyl (C=O) groups is 1. The summed E-state index contributed by atoms with van der Waals surface area (Å²) < 4.78 is 0. The molecule has 98 valence electrons. The predicted molar refractivity (Wildman–Crippen MR) is 68.9 cm³/mol. The molecule has 1 amide bonds. The molecule has 2 heterocycles. The van der Waals surface area contributed by atoms with Gasteiger partial charge < -0.3 is 15.1 Å². The molecule has 0 aromatic heterocycles. The average molecular weight is 239 g/mol. The van der Waals surface area contributed by atoms with Crippen molar-refractivity contribution in [2.24, 2.45) is 5.92 Å². The average Bonchev–Trinajstić information content (AvgIpc) is 2.38. The fourth-order valence-electron chi connectivity index (χ4n) is 2.99. The molecule has 4 heteroatoms. The van der Waals surface area contributed by atoms with Crippen molar-refractivity contribution in [3.63, 3.8) is 0 Å². The Balaban J connectivity index is 1.89. The van der Waals surface area contributed by atoms with Gasteiger partial charge in [0.2, 0.25) is 5.91 Å². The number of piperidine rings is 2. The number of likely N-dealkylation sites (tertiary alicyclic amines) is 1. The largest absolute Gasteiger partial charge is 0.341 e. The minimum absolute atomic E-state index is 0.209. The van der Waals surface area contributed by atoms with Crippen LogP contribution < -0.4 is 5.32 Å². The van der Waals surface area contributed by atoms with E-state index in [0.29, 0.717) is 11.9 Å². The second-order valence-electron chi connectivity index (χ2n) is 5.55. The molecular formula is C13H25N3O. The van der Waals surface area contributed by atoms with E-state index in [4.69, 9.17) is 0 Å². The summed E-state index contributed by atoms with van der Waals surface area (Å²) in [7, 11) is 4.13. The third kappa shape index (κ3) is 3.19. The molecule has 2 atom stereocenters. The number of amides is 1. The fraction of sp³-hybridized carbons (Fsp3) is 0.923. The third-order valence-electron chi connectivity index (χ3n) is 4.14. The van der Waals surface area contributed by atoms with E-state index in [2.05, 4.69) is 17.3 Å². The van der Waals surface area contributed by atoms with Crippen LogP contribution in [0, 0.1) is 5.92 Å². The number of carbonyl (C=O) groups excluding carboxylic acids is 1. The highest BCUT2D eigenvalue weighted by Crippen LogP contribution is 2.18. The Bertz CT molecular complexity index is 263.